The maximum absolute atomic E-state index is 15.1. The number of aromatic hydroxyl groups is 3. The number of fused-ring (bicyclic) bond motifs is 1. The van der Waals surface area contributed by atoms with Crippen molar-refractivity contribution < 1.29 is 148 Å². The summed E-state index contributed by atoms with van der Waals surface area (Å²) in [5.74, 6) is -3.85. The molecular weight excluding hydrogens is 1140 g/mol. The number of hydrogen-bond acceptors (Lipinski definition) is 31. The van der Waals surface area contributed by atoms with E-state index in [0.717, 1.165) is 18.2 Å². The summed E-state index contributed by atoms with van der Waals surface area (Å²) in [6.45, 7) is -0.139. The van der Waals surface area contributed by atoms with Crippen molar-refractivity contribution in [1.29, 1.82) is 0 Å². The predicted molar refractivity (Wildman–Crippen MR) is 276 cm³/mol. The number of ether oxygens (including phenoxy) is 11. The van der Waals surface area contributed by atoms with E-state index < -0.39 is 213 Å². The summed E-state index contributed by atoms with van der Waals surface area (Å²) in [6.07, 6.45) is -45.9. The first-order valence-corrected chi connectivity index (χ1v) is 26.6. The maximum Gasteiger partial charge on any atom is 0.330 e. The van der Waals surface area contributed by atoms with E-state index in [1.165, 1.54) is 68.5 Å². The summed E-state index contributed by atoms with van der Waals surface area (Å²) >= 11 is 0. The van der Waals surface area contributed by atoms with Crippen LogP contribution in [0.5, 0.6) is 28.7 Å². The fourth-order valence-electron chi connectivity index (χ4n) is 10.1. The molecule has 0 amide bonds. The van der Waals surface area contributed by atoms with Gasteiger partial charge >= 0.3 is 5.97 Å². The third-order valence-electron chi connectivity index (χ3n) is 15.0. The first kappa shape index (κ1) is 63.7. The van der Waals surface area contributed by atoms with E-state index in [0.29, 0.717) is 5.56 Å². The Balaban J connectivity index is 1.13. The number of aliphatic hydroxyl groups excluding tert-OH is 14. The predicted octanol–water partition coefficient (Wildman–Crippen LogP) is -5.27. The van der Waals surface area contributed by atoms with E-state index in [4.69, 9.17) is 56.5 Å². The molecule has 31 nitrogen and oxygen atoms in total. The number of rotatable bonds is 17. The van der Waals surface area contributed by atoms with Crippen LogP contribution in [0.25, 0.3) is 28.4 Å². The molecule has 0 aliphatic carbocycles. The Morgan fingerprint density at radius 2 is 1.00 bits per heavy atom. The van der Waals surface area contributed by atoms with Gasteiger partial charge in [0.15, 0.2) is 30.7 Å². The van der Waals surface area contributed by atoms with Crippen LogP contribution in [-0.4, -0.2) is 266 Å². The zero-order chi connectivity index (χ0) is 61.5. The van der Waals surface area contributed by atoms with Gasteiger partial charge in [-0.15, -0.1) is 0 Å². The summed E-state index contributed by atoms with van der Waals surface area (Å²) in [7, 11) is 0. The van der Waals surface area contributed by atoms with Gasteiger partial charge in [0.25, 0.3) is 0 Å². The highest BCUT2D eigenvalue weighted by molar-refractivity contribution is 5.88. The molecule has 3 aromatic carbocycles. The summed E-state index contributed by atoms with van der Waals surface area (Å²) in [4.78, 5) is 28.0. The average molecular weight is 1210 g/mol. The number of esters is 1. The minimum atomic E-state index is -2.27. The third kappa shape index (κ3) is 13.4. The number of hydrogen-bond donors (Lipinski definition) is 17. The SMILES string of the molecule is CC1OC(Oc2cc(O)c3c(=O)c(OC4OC(C)C(OC5OC(CO)C(O)C(O)C5O)C(OC5OC(COC(=O)C=Cc6ccc(O)cc6)C(O)C(O)C5O)C4OC4OC(CO)C(O)C(O)C4O)c(-c4ccc(O)cc4)oc3c2)C(O)C(O)C1O. The Kier molecular flexibility index (Phi) is 20.0. The normalized spacial score (nSPS) is 38.9. The molecule has 0 bridgehead atoms. The van der Waals surface area contributed by atoms with Gasteiger partial charge in [-0.05, 0) is 61.9 Å². The van der Waals surface area contributed by atoms with Gasteiger partial charge in [-0.2, -0.15) is 0 Å². The maximum atomic E-state index is 15.1. The van der Waals surface area contributed by atoms with Crippen LogP contribution >= 0.6 is 0 Å². The Bertz CT molecular complexity index is 2980. The van der Waals surface area contributed by atoms with E-state index in [2.05, 4.69) is 0 Å². The molecule has 17 N–H and O–H groups in total. The fourth-order valence-corrected chi connectivity index (χ4v) is 10.1. The van der Waals surface area contributed by atoms with Crippen molar-refractivity contribution in [3.8, 4) is 40.1 Å². The highest BCUT2D eigenvalue weighted by atomic mass is 16.8. The highest BCUT2D eigenvalue weighted by Gasteiger charge is 2.57. The minimum absolute atomic E-state index is 0.0321. The van der Waals surface area contributed by atoms with E-state index in [1.54, 1.807) is 0 Å². The fraction of sp³-hybridized carbons (Fsp3) is 0.556. The Morgan fingerprint density at radius 3 is 1.56 bits per heavy atom. The molecule has 6 heterocycles. The molecule has 5 aliphatic rings. The van der Waals surface area contributed by atoms with Crippen LogP contribution in [0.2, 0.25) is 0 Å². The molecule has 25 atom stereocenters. The van der Waals surface area contributed by atoms with E-state index in [-0.39, 0.29) is 22.8 Å². The number of carbonyl (C=O) groups is 1. The molecule has 5 saturated heterocycles. The molecule has 0 spiro atoms. The molecule has 4 aromatic rings. The van der Waals surface area contributed by atoms with E-state index in [1.807, 2.05) is 0 Å². The smallest absolute Gasteiger partial charge is 0.330 e. The van der Waals surface area contributed by atoms with Crippen molar-refractivity contribution in [2.75, 3.05) is 19.8 Å². The van der Waals surface area contributed by atoms with Gasteiger partial charge in [0.2, 0.25) is 23.8 Å². The lowest BCUT2D eigenvalue weighted by Crippen LogP contribution is -2.68. The van der Waals surface area contributed by atoms with Crippen LogP contribution in [0.15, 0.2) is 76.0 Å². The standard InChI is InChI=1S/C54H66O31/c1-18-32(61)37(66)41(70)50(75-18)77-24-13-25(59)31-26(14-24)78-46(21-6-10-23(58)11-7-21)47(36(31)65)83-54-49(85-52-43(72)39(68)34(63)28(16-56)80-52)48(45(19(2)76-54)82-51-42(71)38(67)33(62)27(15-55)79-51)84-53-44(73)40(69)35(64)29(81-53)17-74-30(60)12-5-20-3-8-22(57)9-4-20/h3-14,18-19,27-29,32-35,37-45,48-59,61-64,66-73H,15-17H2,1-2H3. The van der Waals surface area contributed by atoms with Gasteiger partial charge in [-0.3, -0.25) is 4.79 Å². The van der Waals surface area contributed by atoms with Gasteiger partial charge < -0.3 is 143 Å². The number of phenols is 3. The molecule has 468 valence electrons. The summed E-state index contributed by atoms with van der Waals surface area (Å²) in [5, 5.41) is 182. The molecule has 5 aliphatic heterocycles. The van der Waals surface area contributed by atoms with Crippen molar-refractivity contribution in [3.05, 3.63) is 82.5 Å². The number of aliphatic hydroxyl groups is 14. The molecule has 0 saturated carbocycles. The van der Waals surface area contributed by atoms with Crippen LogP contribution in [-0.2, 0) is 47.4 Å². The van der Waals surface area contributed by atoms with E-state index >= 15 is 4.79 Å². The Morgan fingerprint density at radius 1 is 0.518 bits per heavy atom. The summed E-state index contributed by atoms with van der Waals surface area (Å²) < 4.78 is 71.9. The van der Waals surface area contributed by atoms with Crippen molar-refractivity contribution in [2.45, 2.75) is 167 Å². The molecule has 85 heavy (non-hydrogen) atoms. The van der Waals surface area contributed by atoms with Crippen molar-refractivity contribution in [1.82, 2.24) is 0 Å². The Hall–Kier alpha value is -5.80. The van der Waals surface area contributed by atoms with Crippen LogP contribution in [0.4, 0.5) is 0 Å². The van der Waals surface area contributed by atoms with Gasteiger partial charge in [-0.25, -0.2) is 4.79 Å². The average Bonchev–Trinajstić information content (AvgIpc) is 1.86. The first-order valence-electron chi connectivity index (χ1n) is 26.6. The van der Waals surface area contributed by atoms with Gasteiger partial charge in [0, 0.05) is 23.8 Å². The van der Waals surface area contributed by atoms with Crippen LogP contribution < -0.4 is 14.9 Å². The van der Waals surface area contributed by atoms with E-state index in [9.17, 15) is 91.6 Å². The third-order valence-corrected chi connectivity index (χ3v) is 15.0. The molecular formula is C54H66O31. The lowest BCUT2D eigenvalue weighted by atomic mass is 9.95. The number of carbonyl (C=O) groups excluding carboxylic acids is 1. The molecule has 31 heteroatoms. The molecule has 25 unspecified atom stereocenters. The molecule has 5 fully saturated rings. The monoisotopic (exact) mass is 1210 g/mol. The topological polar surface area (TPSA) is 493 Å². The second-order valence-electron chi connectivity index (χ2n) is 20.8. The number of phenolic OH excluding ortho intramolecular Hbond substituents is 3. The van der Waals surface area contributed by atoms with Crippen LogP contribution in [0.3, 0.4) is 0 Å². The van der Waals surface area contributed by atoms with Crippen LogP contribution in [0, 0.1) is 0 Å². The minimum Gasteiger partial charge on any atom is -0.508 e. The summed E-state index contributed by atoms with van der Waals surface area (Å²) in [6, 6.07) is 12.5. The van der Waals surface area contributed by atoms with Gasteiger partial charge in [0.05, 0.1) is 25.4 Å². The highest BCUT2D eigenvalue weighted by Crippen LogP contribution is 2.42. The van der Waals surface area contributed by atoms with Crippen molar-refractivity contribution in [3.63, 3.8) is 0 Å². The second-order valence-corrected chi connectivity index (χ2v) is 20.8. The molecule has 0 radical (unpaired) electrons. The molecule has 9 rings (SSSR count). The van der Waals surface area contributed by atoms with Gasteiger partial charge in [0.1, 0.15) is 144 Å². The lowest BCUT2D eigenvalue weighted by Gasteiger charge is -2.50. The molecule has 1 aromatic heterocycles. The zero-order valence-corrected chi connectivity index (χ0v) is 44.8. The van der Waals surface area contributed by atoms with Crippen molar-refractivity contribution in [2.24, 2.45) is 0 Å². The quantitative estimate of drug-likeness (QED) is 0.0347. The lowest BCUT2D eigenvalue weighted by molar-refractivity contribution is -0.400. The zero-order valence-electron chi connectivity index (χ0n) is 44.8. The summed E-state index contributed by atoms with van der Waals surface area (Å²) in [5.41, 5.74) is -1.20. The Labute approximate surface area is 479 Å². The largest absolute Gasteiger partial charge is 0.508 e. The van der Waals surface area contributed by atoms with Crippen molar-refractivity contribution >= 4 is 23.0 Å². The second kappa shape index (κ2) is 26.7. The number of benzene rings is 3. The van der Waals surface area contributed by atoms with Crippen LogP contribution in [0.1, 0.15) is 19.4 Å². The van der Waals surface area contributed by atoms with Gasteiger partial charge in [-0.1, -0.05) is 12.1 Å². The first-order chi connectivity index (χ1) is 40.4.